The number of hydrogen-bond acceptors (Lipinski definition) is 9. The van der Waals surface area contributed by atoms with E-state index in [4.69, 9.17) is 14.2 Å². The Hall–Kier alpha value is -3.64. The largest absolute Gasteiger partial charge is 0.497 e. The fraction of sp³-hybridized carbons (Fsp3) is 0.286. The van der Waals surface area contributed by atoms with Gasteiger partial charge in [0.15, 0.2) is 5.82 Å². The van der Waals surface area contributed by atoms with Crippen LogP contribution in [0.5, 0.6) is 17.5 Å². The molecule has 2 aromatic carbocycles. The minimum atomic E-state index is -3.51. The van der Waals surface area contributed by atoms with Gasteiger partial charge in [-0.1, -0.05) is 0 Å². The Kier molecular flexibility index (Phi) is 7.51. The summed E-state index contributed by atoms with van der Waals surface area (Å²) in [5.74, 6) is 1.64. The van der Waals surface area contributed by atoms with Crippen LogP contribution >= 0.6 is 0 Å². The van der Waals surface area contributed by atoms with E-state index in [1.54, 1.807) is 74.4 Å². The normalized spacial score (nSPS) is 11.2. The van der Waals surface area contributed by atoms with Gasteiger partial charge >= 0.3 is 12.1 Å². The summed E-state index contributed by atoms with van der Waals surface area (Å²) in [4.78, 5) is 17.6. The Labute approximate surface area is 191 Å². The minimum Gasteiger partial charge on any atom is -0.497 e. The van der Waals surface area contributed by atoms with Crippen LogP contribution in [0.15, 0.2) is 48.5 Å². The fourth-order valence-electron chi connectivity index (χ4n) is 2.64. The van der Waals surface area contributed by atoms with Gasteiger partial charge in [-0.2, -0.15) is 13.4 Å². The van der Waals surface area contributed by atoms with Gasteiger partial charge in [-0.05, 0) is 48.5 Å². The first-order valence-corrected chi connectivity index (χ1v) is 11.6. The van der Waals surface area contributed by atoms with Crippen LogP contribution in [0.2, 0.25) is 0 Å². The van der Waals surface area contributed by atoms with Crippen LogP contribution in [0.1, 0.15) is 0 Å². The number of benzene rings is 2. The molecule has 1 amide bonds. The van der Waals surface area contributed by atoms with Crippen LogP contribution in [0.3, 0.4) is 0 Å². The molecule has 1 aromatic heterocycles. The highest BCUT2D eigenvalue weighted by molar-refractivity contribution is 7.85. The molecule has 12 heteroatoms. The second-order valence-electron chi connectivity index (χ2n) is 6.99. The first kappa shape index (κ1) is 24.0. The zero-order valence-corrected chi connectivity index (χ0v) is 19.4. The van der Waals surface area contributed by atoms with E-state index in [2.05, 4.69) is 14.3 Å². The van der Waals surface area contributed by atoms with Crippen molar-refractivity contribution >= 4 is 16.2 Å². The third-order valence-electron chi connectivity index (χ3n) is 4.21. The number of nitrogens with zero attached hydrogens (tertiary/aromatic N) is 4. The fourth-order valence-corrected chi connectivity index (χ4v) is 3.01. The van der Waals surface area contributed by atoms with E-state index >= 15 is 0 Å². The molecule has 3 aromatic rings. The average Bonchev–Trinajstić information content (AvgIpc) is 3.20. The number of ether oxygens (including phenoxy) is 3. The molecule has 0 bridgehead atoms. The Morgan fingerprint density at radius 3 is 2.21 bits per heavy atom. The molecule has 0 aliphatic heterocycles. The van der Waals surface area contributed by atoms with Crippen molar-refractivity contribution in [2.75, 3.05) is 40.7 Å². The standard InChI is InChI=1S/C21H24N4O7S/c1-24(2)21(26)32-20-22-19(25(23-20)16-7-11-17(29-3)12-8-16)15-5-9-18(10-6-15)30-13-14-31-33(4,27)28/h5-12H,13-14H2,1-4H3. The van der Waals surface area contributed by atoms with Gasteiger partial charge in [-0.3, -0.25) is 4.18 Å². The van der Waals surface area contributed by atoms with Gasteiger partial charge in [0.2, 0.25) is 0 Å². The highest BCUT2D eigenvalue weighted by Crippen LogP contribution is 2.26. The predicted molar refractivity (Wildman–Crippen MR) is 119 cm³/mol. The summed E-state index contributed by atoms with van der Waals surface area (Å²) >= 11 is 0. The van der Waals surface area contributed by atoms with Crippen LogP contribution in [0.25, 0.3) is 17.1 Å². The Balaban J connectivity index is 1.85. The number of aromatic nitrogens is 3. The van der Waals surface area contributed by atoms with Gasteiger partial charge in [0, 0.05) is 19.7 Å². The molecule has 0 saturated heterocycles. The molecular formula is C21H24N4O7S. The van der Waals surface area contributed by atoms with Crippen molar-refractivity contribution < 1.29 is 31.6 Å². The zero-order valence-electron chi connectivity index (χ0n) is 18.6. The van der Waals surface area contributed by atoms with E-state index in [0.717, 1.165) is 6.26 Å². The van der Waals surface area contributed by atoms with Gasteiger partial charge < -0.3 is 19.1 Å². The lowest BCUT2D eigenvalue weighted by Crippen LogP contribution is -2.25. The maximum atomic E-state index is 12.0. The first-order valence-electron chi connectivity index (χ1n) is 9.74. The smallest absolute Gasteiger partial charge is 0.417 e. The number of amides is 1. The molecular weight excluding hydrogens is 452 g/mol. The van der Waals surface area contributed by atoms with Crippen LogP contribution in [-0.4, -0.2) is 74.9 Å². The quantitative estimate of drug-likeness (QED) is 0.338. The Morgan fingerprint density at radius 1 is 1.00 bits per heavy atom. The monoisotopic (exact) mass is 476 g/mol. The van der Waals surface area contributed by atoms with Crippen LogP contribution in [0, 0.1) is 0 Å². The molecule has 0 radical (unpaired) electrons. The van der Waals surface area contributed by atoms with Gasteiger partial charge in [-0.25, -0.2) is 9.48 Å². The van der Waals surface area contributed by atoms with Gasteiger partial charge in [0.05, 0.1) is 19.1 Å². The van der Waals surface area contributed by atoms with Crippen molar-refractivity contribution in [3.8, 4) is 34.6 Å². The van der Waals surface area contributed by atoms with Crippen LogP contribution in [-0.2, 0) is 14.3 Å². The second kappa shape index (κ2) is 10.3. The molecule has 0 N–H and O–H groups in total. The number of rotatable bonds is 9. The van der Waals surface area contributed by atoms with E-state index in [1.807, 2.05) is 0 Å². The van der Waals surface area contributed by atoms with E-state index in [9.17, 15) is 13.2 Å². The molecule has 0 aliphatic carbocycles. The van der Waals surface area contributed by atoms with Crippen molar-refractivity contribution in [2.45, 2.75) is 0 Å². The lowest BCUT2D eigenvalue weighted by molar-refractivity contribution is 0.168. The van der Waals surface area contributed by atoms with Gasteiger partial charge in [-0.15, -0.1) is 5.10 Å². The third kappa shape index (κ3) is 6.67. The number of hydrogen-bond donors (Lipinski definition) is 0. The molecule has 0 spiro atoms. The molecule has 1 heterocycles. The first-order chi connectivity index (χ1) is 15.7. The molecule has 0 saturated carbocycles. The summed E-state index contributed by atoms with van der Waals surface area (Å²) in [7, 11) is 1.18. The summed E-state index contributed by atoms with van der Waals surface area (Å²) in [6.07, 6.45) is 0.374. The molecule has 176 valence electrons. The highest BCUT2D eigenvalue weighted by atomic mass is 32.2. The van der Waals surface area contributed by atoms with E-state index in [0.29, 0.717) is 28.6 Å². The van der Waals surface area contributed by atoms with Crippen molar-refractivity contribution in [1.82, 2.24) is 19.7 Å². The van der Waals surface area contributed by atoms with Crippen molar-refractivity contribution in [3.63, 3.8) is 0 Å². The Bertz CT molecular complexity index is 1190. The third-order valence-corrected chi connectivity index (χ3v) is 4.81. The maximum absolute atomic E-state index is 12.0. The second-order valence-corrected chi connectivity index (χ2v) is 8.63. The van der Waals surface area contributed by atoms with Gasteiger partial charge in [0.1, 0.15) is 24.7 Å². The van der Waals surface area contributed by atoms with Crippen molar-refractivity contribution in [2.24, 2.45) is 0 Å². The molecule has 11 nitrogen and oxygen atoms in total. The van der Waals surface area contributed by atoms with E-state index in [1.165, 1.54) is 4.90 Å². The summed E-state index contributed by atoms with van der Waals surface area (Å²) < 4.78 is 44.1. The van der Waals surface area contributed by atoms with Crippen molar-refractivity contribution in [3.05, 3.63) is 48.5 Å². The van der Waals surface area contributed by atoms with Crippen LogP contribution in [0.4, 0.5) is 4.79 Å². The lowest BCUT2D eigenvalue weighted by Gasteiger charge is -2.09. The molecule has 33 heavy (non-hydrogen) atoms. The van der Waals surface area contributed by atoms with Gasteiger partial charge in [0.25, 0.3) is 10.1 Å². The Morgan fingerprint density at radius 2 is 1.64 bits per heavy atom. The van der Waals surface area contributed by atoms with Crippen LogP contribution < -0.4 is 14.2 Å². The average molecular weight is 477 g/mol. The zero-order chi connectivity index (χ0) is 24.0. The number of carbonyl (C=O) groups is 1. The van der Waals surface area contributed by atoms with Crippen molar-refractivity contribution in [1.29, 1.82) is 0 Å². The topological polar surface area (TPSA) is 122 Å². The maximum Gasteiger partial charge on any atom is 0.417 e. The summed E-state index contributed by atoms with van der Waals surface area (Å²) in [5, 5.41) is 4.33. The molecule has 3 rings (SSSR count). The molecule has 0 aliphatic rings. The summed E-state index contributed by atoms with van der Waals surface area (Å²) in [5.41, 5.74) is 1.37. The minimum absolute atomic E-state index is 0.0685. The summed E-state index contributed by atoms with van der Waals surface area (Å²) in [6, 6.07) is 14.0. The predicted octanol–water partition coefficient (Wildman–Crippen LogP) is 2.36. The molecule has 0 unspecified atom stereocenters. The number of carbonyl (C=O) groups excluding carboxylic acids is 1. The molecule has 0 atom stereocenters. The van der Waals surface area contributed by atoms with E-state index < -0.39 is 16.2 Å². The molecule has 0 fully saturated rings. The summed E-state index contributed by atoms with van der Waals surface area (Å²) in [6.45, 7) is -0.0218. The number of methoxy groups -OCH3 is 1. The SMILES string of the molecule is COc1ccc(-n2nc(OC(=O)N(C)C)nc2-c2ccc(OCCOS(C)(=O)=O)cc2)cc1. The lowest BCUT2D eigenvalue weighted by atomic mass is 10.2. The highest BCUT2D eigenvalue weighted by Gasteiger charge is 2.18. The van der Waals surface area contributed by atoms with E-state index in [-0.39, 0.29) is 19.2 Å².